The number of rotatable bonds is 6. The number of anilines is 1. The Morgan fingerprint density at radius 2 is 1.70 bits per heavy atom. The molecule has 0 bridgehead atoms. The van der Waals surface area contributed by atoms with Gasteiger partial charge in [-0.1, -0.05) is 6.07 Å². The molecule has 0 atom stereocenters. The molecule has 176 valence electrons. The normalized spacial score (nSPS) is 20.9. The standard InChI is InChI=1S/C24H30N4O4S/c29-23(28-14-1-2-15-28)19-5-9-21(10-6-19)33(31,32)22-11-7-20(8-12-22)27-24(30)26-17-18-4-3-13-25-16-18/h3-4,7-8,11-13,16,19,21H,1-2,5-6,9-10,14-15,17H2,(H2,26,27,30). The lowest BCUT2D eigenvalue weighted by atomic mass is 9.88. The van der Waals surface area contributed by atoms with Crippen LogP contribution in [-0.4, -0.2) is 48.6 Å². The average Bonchev–Trinajstić information content (AvgIpc) is 3.38. The number of carbonyl (C=O) groups is 2. The minimum Gasteiger partial charge on any atom is -0.342 e. The van der Waals surface area contributed by atoms with Gasteiger partial charge in [0, 0.05) is 43.6 Å². The molecule has 1 aromatic carbocycles. The van der Waals surface area contributed by atoms with Gasteiger partial charge in [-0.2, -0.15) is 0 Å². The summed E-state index contributed by atoms with van der Waals surface area (Å²) in [6.07, 6.45) is 7.71. The number of amides is 3. The molecule has 1 saturated heterocycles. The Labute approximate surface area is 194 Å². The molecular weight excluding hydrogens is 440 g/mol. The molecule has 1 aromatic heterocycles. The van der Waals surface area contributed by atoms with E-state index >= 15 is 0 Å². The molecule has 1 aliphatic carbocycles. The van der Waals surface area contributed by atoms with Gasteiger partial charge < -0.3 is 15.5 Å². The van der Waals surface area contributed by atoms with E-state index in [0.29, 0.717) is 37.9 Å². The molecule has 2 aliphatic rings. The van der Waals surface area contributed by atoms with E-state index in [1.807, 2.05) is 11.0 Å². The summed E-state index contributed by atoms with van der Waals surface area (Å²) >= 11 is 0. The summed E-state index contributed by atoms with van der Waals surface area (Å²) in [6, 6.07) is 9.55. The lowest BCUT2D eigenvalue weighted by Crippen LogP contribution is -2.37. The lowest BCUT2D eigenvalue weighted by Gasteiger charge is -2.30. The van der Waals surface area contributed by atoms with Crippen LogP contribution in [-0.2, 0) is 21.2 Å². The maximum absolute atomic E-state index is 13.1. The van der Waals surface area contributed by atoms with Crippen LogP contribution in [0.15, 0.2) is 53.7 Å². The molecule has 2 heterocycles. The monoisotopic (exact) mass is 470 g/mol. The highest BCUT2D eigenvalue weighted by Gasteiger charge is 2.36. The van der Waals surface area contributed by atoms with E-state index in [1.165, 1.54) is 12.1 Å². The zero-order chi connectivity index (χ0) is 23.3. The Bertz CT molecular complexity index is 1060. The number of likely N-dealkylation sites (tertiary alicyclic amines) is 1. The number of benzene rings is 1. The smallest absolute Gasteiger partial charge is 0.319 e. The molecule has 8 nitrogen and oxygen atoms in total. The highest BCUT2D eigenvalue weighted by Crippen LogP contribution is 2.33. The first-order valence-corrected chi connectivity index (χ1v) is 13.0. The van der Waals surface area contributed by atoms with Gasteiger partial charge in [-0.3, -0.25) is 9.78 Å². The zero-order valence-corrected chi connectivity index (χ0v) is 19.4. The Kier molecular flexibility index (Phi) is 7.27. The largest absolute Gasteiger partial charge is 0.342 e. The summed E-state index contributed by atoms with van der Waals surface area (Å²) in [4.78, 5) is 30.9. The third-order valence-electron chi connectivity index (χ3n) is 6.50. The molecule has 2 N–H and O–H groups in total. The zero-order valence-electron chi connectivity index (χ0n) is 18.6. The van der Waals surface area contributed by atoms with Crippen LogP contribution in [0.2, 0.25) is 0 Å². The van der Waals surface area contributed by atoms with E-state index in [0.717, 1.165) is 31.5 Å². The first kappa shape index (κ1) is 23.2. The van der Waals surface area contributed by atoms with Gasteiger partial charge in [0.15, 0.2) is 9.84 Å². The SMILES string of the molecule is O=C(NCc1cccnc1)Nc1ccc(S(=O)(=O)C2CCC(C(=O)N3CCCC3)CC2)cc1. The van der Waals surface area contributed by atoms with Crippen molar-refractivity contribution in [2.24, 2.45) is 5.92 Å². The number of nitrogens with one attached hydrogen (secondary N) is 2. The summed E-state index contributed by atoms with van der Waals surface area (Å²) in [5.74, 6) is 0.145. The number of hydrogen-bond acceptors (Lipinski definition) is 5. The van der Waals surface area contributed by atoms with Crippen molar-refractivity contribution >= 4 is 27.5 Å². The quantitative estimate of drug-likeness (QED) is 0.673. The van der Waals surface area contributed by atoms with Crippen molar-refractivity contribution in [3.8, 4) is 0 Å². The molecule has 2 fully saturated rings. The second-order valence-electron chi connectivity index (χ2n) is 8.74. The number of aromatic nitrogens is 1. The van der Waals surface area contributed by atoms with Gasteiger partial charge in [0.1, 0.15) is 0 Å². The van der Waals surface area contributed by atoms with Gasteiger partial charge in [0.2, 0.25) is 5.91 Å². The van der Waals surface area contributed by atoms with E-state index < -0.39 is 15.1 Å². The molecule has 0 spiro atoms. The maximum atomic E-state index is 13.1. The van der Waals surface area contributed by atoms with Crippen LogP contribution < -0.4 is 10.6 Å². The highest BCUT2D eigenvalue weighted by atomic mass is 32.2. The number of urea groups is 1. The molecule has 4 rings (SSSR count). The van der Waals surface area contributed by atoms with Crippen LogP contribution in [0, 0.1) is 5.92 Å². The molecule has 1 aliphatic heterocycles. The van der Waals surface area contributed by atoms with Crippen molar-refractivity contribution in [3.63, 3.8) is 0 Å². The molecule has 33 heavy (non-hydrogen) atoms. The number of sulfone groups is 1. The Morgan fingerprint density at radius 1 is 1.00 bits per heavy atom. The number of hydrogen-bond donors (Lipinski definition) is 2. The van der Waals surface area contributed by atoms with E-state index in [4.69, 9.17) is 0 Å². The van der Waals surface area contributed by atoms with Crippen molar-refractivity contribution in [2.45, 2.75) is 55.2 Å². The van der Waals surface area contributed by atoms with Crippen LogP contribution in [0.4, 0.5) is 10.5 Å². The highest BCUT2D eigenvalue weighted by molar-refractivity contribution is 7.92. The summed E-state index contributed by atoms with van der Waals surface area (Å²) in [6.45, 7) is 2.01. The topological polar surface area (TPSA) is 108 Å². The number of pyridine rings is 1. The number of carbonyl (C=O) groups excluding carboxylic acids is 2. The van der Waals surface area contributed by atoms with E-state index in [2.05, 4.69) is 15.6 Å². The fourth-order valence-electron chi connectivity index (χ4n) is 4.60. The molecule has 9 heteroatoms. The van der Waals surface area contributed by atoms with Crippen LogP contribution in [0.5, 0.6) is 0 Å². The third-order valence-corrected chi connectivity index (χ3v) is 8.77. The summed E-state index contributed by atoms with van der Waals surface area (Å²) in [5.41, 5.74) is 1.39. The molecular formula is C24H30N4O4S. The molecule has 0 radical (unpaired) electrons. The van der Waals surface area contributed by atoms with Gasteiger partial charge in [-0.15, -0.1) is 0 Å². The Morgan fingerprint density at radius 3 is 2.33 bits per heavy atom. The predicted octanol–water partition coefficient (Wildman–Crippen LogP) is 3.36. The van der Waals surface area contributed by atoms with Gasteiger partial charge in [-0.25, -0.2) is 13.2 Å². The van der Waals surface area contributed by atoms with Gasteiger partial charge >= 0.3 is 6.03 Å². The van der Waals surface area contributed by atoms with Crippen molar-refractivity contribution in [2.75, 3.05) is 18.4 Å². The number of nitrogens with zero attached hydrogens (tertiary/aromatic N) is 2. The molecule has 2 aromatic rings. The summed E-state index contributed by atoms with van der Waals surface area (Å²) < 4.78 is 26.2. The Balaban J connectivity index is 1.29. The first-order chi connectivity index (χ1) is 15.9. The van der Waals surface area contributed by atoms with Crippen molar-refractivity contribution in [1.82, 2.24) is 15.2 Å². The fourth-order valence-corrected chi connectivity index (χ4v) is 6.39. The maximum Gasteiger partial charge on any atom is 0.319 e. The second-order valence-corrected chi connectivity index (χ2v) is 11.0. The van der Waals surface area contributed by atoms with Crippen molar-refractivity contribution in [3.05, 3.63) is 54.4 Å². The minimum absolute atomic E-state index is 0.0497. The lowest BCUT2D eigenvalue weighted by molar-refractivity contribution is -0.135. The first-order valence-electron chi connectivity index (χ1n) is 11.5. The average molecular weight is 471 g/mol. The predicted molar refractivity (Wildman–Crippen MR) is 125 cm³/mol. The molecule has 3 amide bonds. The third kappa shape index (κ3) is 5.71. The van der Waals surface area contributed by atoms with E-state index in [-0.39, 0.29) is 22.8 Å². The van der Waals surface area contributed by atoms with Crippen LogP contribution >= 0.6 is 0 Å². The molecule has 1 saturated carbocycles. The van der Waals surface area contributed by atoms with Crippen molar-refractivity contribution < 1.29 is 18.0 Å². The van der Waals surface area contributed by atoms with Crippen LogP contribution in [0.1, 0.15) is 44.1 Å². The van der Waals surface area contributed by atoms with Crippen molar-refractivity contribution in [1.29, 1.82) is 0 Å². The Hall–Kier alpha value is -2.94. The van der Waals surface area contributed by atoms with Gasteiger partial charge in [-0.05, 0) is 74.4 Å². The van der Waals surface area contributed by atoms with Gasteiger partial charge in [0.05, 0.1) is 10.1 Å². The van der Waals surface area contributed by atoms with Crippen LogP contribution in [0.3, 0.4) is 0 Å². The fraction of sp³-hybridized carbons (Fsp3) is 0.458. The minimum atomic E-state index is -3.48. The second kappa shape index (κ2) is 10.3. The molecule has 0 unspecified atom stereocenters. The van der Waals surface area contributed by atoms with E-state index in [1.54, 1.807) is 30.6 Å². The summed E-state index contributed by atoms with van der Waals surface area (Å²) in [7, 11) is -3.48. The van der Waals surface area contributed by atoms with E-state index in [9.17, 15) is 18.0 Å². The van der Waals surface area contributed by atoms with Crippen LogP contribution in [0.25, 0.3) is 0 Å². The summed E-state index contributed by atoms with van der Waals surface area (Å²) in [5, 5.41) is 4.98. The van der Waals surface area contributed by atoms with Gasteiger partial charge in [0.25, 0.3) is 0 Å².